The fraction of sp³-hybridized carbons (Fsp3) is 0.423. The van der Waals surface area contributed by atoms with Gasteiger partial charge in [-0.15, -0.1) is 0 Å². The van der Waals surface area contributed by atoms with Crippen LogP contribution in [0.15, 0.2) is 48.8 Å². The third kappa shape index (κ3) is 5.62. The van der Waals surface area contributed by atoms with Gasteiger partial charge in [0.1, 0.15) is 17.9 Å². The molecule has 2 heterocycles. The Balaban J connectivity index is 1.34. The third-order valence-electron chi connectivity index (χ3n) is 6.31. The van der Waals surface area contributed by atoms with Crippen LogP contribution in [0.4, 0.5) is 5.69 Å². The lowest BCUT2D eigenvalue weighted by molar-refractivity contribution is -0.118. The van der Waals surface area contributed by atoms with Crippen molar-refractivity contribution in [2.24, 2.45) is 5.92 Å². The van der Waals surface area contributed by atoms with Crippen LogP contribution in [-0.4, -0.2) is 54.9 Å². The van der Waals surface area contributed by atoms with Crippen LogP contribution >= 0.6 is 0 Å². The first-order chi connectivity index (χ1) is 15.5. The molecule has 1 aromatic heterocycles. The Morgan fingerprint density at radius 3 is 2.56 bits per heavy atom. The van der Waals surface area contributed by atoms with Gasteiger partial charge in [-0.1, -0.05) is 12.1 Å². The molecule has 6 heteroatoms. The maximum absolute atomic E-state index is 12.5. The molecule has 1 aliphatic rings. The van der Waals surface area contributed by atoms with E-state index in [-0.39, 0.29) is 0 Å². The van der Waals surface area contributed by atoms with Gasteiger partial charge in [-0.05, 0) is 81.2 Å². The Labute approximate surface area is 190 Å². The average molecular weight is 433 g/mol. The summed E-state index contributed by atoms with van der Waals surface area (Å²) in [5, 5.41) is 0.867. The lowest BCUT2D eigenvalue weighted by Crippen LogP contribution is -2.30. The number of ketones is 1. The van der Waals surface area contributed by atoms with Crippen molar-refractivity contribution in [2.75, 3.05) is 39.1 Å². The van der Waals surface area contributed by atoms with Crippen LogP contribution in [0.25, 0.3) is 10.9 Å². The summed E-state index contributed by atoms with van der Waals surface area (Å²) in [5.74, 6) is 2.24. The van der Waals surface area contributed by atoms with Gasteiger partial charge in [-0.3, -0.25) is 4.79 Å². The Morgan fingerprint density at radius 2 is 1.84 bits per heavy atom. The molecule has 0 N–H and O–H groups in total. The lowest BCUT2D eigenvalue weighted by Gasteiger charge is -2.28. The van der Waals surface area contributed by atoms with Crippen LogP contribution in [0.5, 0.6) is 11.6 Å². The molecular weight excluding hydrogens is 400 g/mol. The van der Waals surface area contributed by atoms with Gasteiger partial charge < -0.3 is 14.5 Å². The predicted octanol–water partition coefficient (Wildman–Crippen LogP) is 4.72. The quantitative estimate of drug-likeness (QED) is 0.513. The van der Waals surface area contributed by atoms with E-state index in [0.29, 0.717) is 36.2 Å². The summed E-state index contributed by atoms with van der Waals surface area (Å²) in [7, 11) is 6.17. The van der Waals surface area contributed by atoms with Gasteiger partial charge >= 0.3 is 0 Å². The van der Waals surface area contributed by atoms with Crippen LogP contribution < -0.4 is 9.64 Å². The Morgan fingerprint density at radius 1 is 1.09 bits per heavy atom. The van der Waals surface area contributed by atoms with E-state index in [1.807, 2.05) is 61.5 Å². The Bertz CT molecular complexity index is 1060. The first-order valence-corrected chi connectivity index (χ1v) is 11.4. The molecule has 6 nitrogen and oxygen atoms in total. The third-order valence-corrected chi connectivity index (χ3v) is 6.31. The minimum absolute atomic E-state index is 0.316. The number of rotatable bonds is 8. The zero-order valence-electron chi connectivity index (χ0n) is 19.3. The number of ether oxygens (including phenoxy) is 1. The molecule has 0 aliphatic carbocycles. The number of aromatic nitrogens is 2. The number of anilines is 1. The van der Waals surface area contributed by atoms with E-state index < -0.39 is 0 Å². The van der Waals surface area contributed by atoms with Crippen LogP contribution in [-0.2, 0) is 11.2 Å². The minimum Gasteiger partial charge on any atom is -0.438 e. The number of nitrogens with zero attached hydrogens (tertiary/aromatic N) is 4. The predicted molar refractivity (Wildman–Crippen MR) is 129 cm³/mol. The largest absolute Gasteiger partial charge is 0.438 e. The van der Waals surface area contributed by atoms with E-state index in [1.54, 1.807) is 0 Å². The lowest BCUT2D eigenvalue weighted by atomic mass is 9.91. The van der Waals surface area contributed by atoms with E-state index >= 15 is 0 Å². The summed E-state index contributed by atoms with van der Waals surface area (Å²) in [5.41, 5.74) is 2.94. The highest BCUT2D eigenvalue weighted by Crippen LogP contribution is 2.29. The molecule has 3 aromatic rings. The topological polar surface area (TPSA) is 58.6 Å². The van der Waals surface area contributed by atoms with Gasteiger partial charge in [0.15, 0.2) is 0 Å². The molecule has 0 bridgehead atoms. The van der Waals surface area contributed by atoms with Crippen molar-refractivity contribution in [3.8, 4) is 11.6 Å². The highest BCUT2D eigenvalue weighted by Gasteiger charge is 2.17. The van der Waals surface area contributed by atoms with Crippen LogP contribution in [0.3, 0.4) is 0 Å². The number of hydrogen-bond donors (Lipinski definition) is 0. The molecule has 1 aliphatic heterocycles. The fourth-order valence-corrected chi connectivity index (χ4v) is 4.20. The molecule has 168 valence electrons. The minimum atomic E-state index is 0.316. The molecule has 1 saturated heterocycles. The summed E-state index contributed by atoms with van der Waals surface area (Å²) in [6.07, 6.45) is 6.12. The summed E-state index contributed by atoms with van der Waals surface area (Å²) >= 11 is 0. The van der Waals surface area contributed by atoms with Crippen molar-refractivity contribution in [1.82, 2.24) is 14.9 Å². The zero-order valence-corrected chi connectivity index (χ0v) is 19.3. The first-order valence-electron chi connectivity index (χ1n) is 11.4. The molecule has 0 spiro atoms. The number of carbonyl (C=O) groups is 1. The van der Waals surface area contributed by atoms with Crippen molar-refractivity contribution in [3.05, 3.63) is 54.4 Å². The number of benzene rings is 2. The smallest absolute Gasteiger partial charge is 0.230 e. The van der Waals surface area contributed by atoms with E-state index in [1.165, 1.54) is 19.2 Å². The van der Waals surface area contributed by atoms with Crippen molar-refractivity contribution < 1.29 is 9.53 Å². The second-order valence-corrected chi connectivity index (χ2v) is 9.02. The maximum Gasteiger partial charge on any atom is 0.230 e. The van der Waals surface area contributed by atoms with Crippen LogP contribution in [0.1, 0.15) is 31.2 Å². The molecule has 0 amide bonds. The SMILES string of the molecule is CN1CCC(CCC(=O)Cc2ccc(Oc3ncnc4cc(N(C)C)ccc34)cc2)CC1. The van der Waals surface area contributed by atoms with Gasteiger partial charge in [0, 0.05) is 32.6 Å². The van der Waals surface area contributed by atoms with Gasteiger partial charge in [0.2, 0.25) is 5.88 Å². The molecule has 32 heavy (non-hydrogen) atoms. The first kappa shape index (κ1) is 22.2. The number of fused-ring (bicyclic) bond motifs is 1. The van der Waals surface area contributed by atoms with E-state index in [9.17, 15) is 4.79 Å². The van der Waals surface area contributed by atoms with Crippen molar-refractivity contribution in [3.63, 3.8) is 0 Å². The van der Waals surface area contributed by atoms with E-state index in [0.717, 1.165) is 41.7 Å². The Kier molecular flexibility index (Phi) is 7.00. The zero-order chi connectivity index (χ0) is 22.5. The Hall–Kier alpha value is -2.99. The highest BCUT2D eigenvalue weighted by molar-refractivity contribution is 5.86. The molecular formula is C26H32N4O2. The summed E-state index contributed by atoms with van der Waals surface area (Å²) in [6.45, 7) is 2.30. The van der Waals surface area contributed by atoms with Crippen molar-refractivity contribution in [1.29, 1.82) is 0 Å². The van der Waals surface area contributed by atoms with Crippen molar-refractivity contribution in [2.45, 2.75) is 32.1 Å². The normalized spacial score (nSPS) is 15.1. The molecule has 0 atom stereocenters. The summed E-state index contributed by atoms with van der Waals surface area (Å²) in [4.78, 5) is 25.5. The summed E-state index contributed by atoms with van der Waals surface area (Å²) in [6, 6.07) is 13.8. The van der Waals surface area contributed by atoms with Crippen molar-refractivity contribution >= 4 is 22.4 Å². The number of likely N-dealkylation sites (tertiary alicyclic amines) is 1. The monoisotopic (exact) mass is 432 g/mol. The number of piperidine rings is 1. The maximum atomic E-state index is 12.5. The number of hydrogen-bond acceptors (Lipinski definition) is 6. The standard InChI is InChI=1S/C26H32N4O2/c1-29(2)21-7-11-24-25(17-21)27-18-28-26(24)32-23-9-5-20(6-10-23)16-22(31)8-4-19-12-14-30(3)15-13-19/h5-7,9-11,17-19H,4,8,12-16H2,1-3H3. The molecule has 0 unspecified atom stereocenters. The second-order valence-electron chi connectivity index (χ2n) is 9.02. The van der Waals surface area contributed by atoms with E-state index in [4.69, 9.17) is 4.74 Å². The average Bonchev–Trinajstić information content (AvgIpc) is 2.80. The summed E-state index contributed by atoms with van der Waals surface area (Å²) < 4.78 is 6.03. The van der Waals surface area contributed by atoms with Crippen LogP contribution in [0, 0.1) is 5.92 Å². The van der Waals surface area contributed by atoms with Crippen LogP contribution in [0.2, 0.25) is 0 Å². The molecule has 0 saturated carbocycles. The van der Waals surface area contributed by atoms with Gasteiger partial charge in [-0.25, -0.2) is 9.97 Å². The second kappa shape index (κ2) is 10.1. The fourth-order valence-electron chi connectivity index (χ4n) is 4.20. The van der Waals surface area contributed by atoms with E-state index in [2.05, 4.69) is 21.9 Å². The molecule has 0 radical (unpaired) electrons. The highest BCUT2D eigenvalue weighted by atomic mass is 16.5. The van der Waals surface area contributed by atoms with Gasteiger partial charge in [0.25, 0.3) is 0 Å². The number of carbonyl (C=O) groups excluding carboxylic acids is 1. The van der Waals surface area contributed by atoms with Gasteiger partial charge in [-0.2, -0.15) is 0 Å². The number of Topliss-reactive ketones (excluding diaryl/α,β-unsaturated/α-hetero) is 1. The van der Waals surface area contributed by atoms with Gasteiger partial charge in [0.05, 0.1) is 10.9 Å². The molecule has 2 aromatic carbocycles. The molecule has 4 rings (SSSR count). The molecule has 1 fully saturated rings.